The van der Waals surface area contributed by atoms with Crippen LogP contribution in [0.5, 0.6) is 0 Å². The molecule has 108 valence electrons. The van der Waals surface area contributed by atoms with E-state index in [1.54, 1.807) is 6.92 Å². The van der Waals surface area contributed by atoms with Gasteiger partial charge in [-0.1, -0.05) is 34.1 Å². The van der Waals surface area contributed by atoms with Crippen LogP contribution in [0, 0.1) is 0 Å². The molecule has 2 aromatic carbocycles. The Hall–Kier alpha value is -1.85. The van der Waals surface area contributed by atoms with Crippen molar-refractivity contribution in [3.8, 4) is 0 Å². The van der Waals surface area contributed by atoms with E-state index in [1.165, 1.54) is 0 Å². The van der Waals surface area contributed by atoms with Gasteiger partial charge in [0.25, 0.3) is 0 Å². The zero-order valence-electron chi connectivity index (χ0n) is 11.5. The van der Waals surface area contributed by atoms with Crippen LogP contribution in [0.2, 0.25) is 0 Å². The molecule has 1 heterocycles. The molecule has 0 spiro atoms. The fourth-order valence-corrected chi connectivity index (χ4v) is 2.90. The van der Waals surface area contributed by atoms with Crippen LogP contribution in [0.1, 0.15) is 18.6 Å². The first-order valence-electron chi connectivity index (χ1n) is 6.70. The normalized spacial score (nSPS) is 15.4. The van der Waals surface area contributed by atoms with Crippen LogP contribution in [-0.2, 0) is 4.79 Å². The maximum atomic E-state index is 11.9. The zero-order chi connectivity index (χ0) is 15.0. The molecule has 21 heavy (non-hydrogen) atoms. The number of carbonyl (C=O) groups is 1. The number of aliphatic hydroxyl groups is 1. The molecule has 0 bridgehead atoms. The fraction of sp³-hybridized carbons (Fsp3) is 0.188. The Bertz CT molecular complexity index is 700. The van der Waals surface area contributed by atoms with Crippen molar-refractivity contribution in [3.63, 3.8) is 0 Å². The Balaban J connectivity index is 2.17. The molecule has 3 rings (SSSR count). The molecule has 0 radical (unpaired) electrons. The smallest absolute Gasteiger partial charge is 0.244 e. The molecule has 4 nitrogen and oxygen atoms in total. The van der Waals surface area contributed by atoms with Crippen molar-refractivity contribution in [2.75, 3.05) is 16.8 Å². The highest BCUT2D eigenvalue weighted by atomic mass is 79.9. The fourth-order valence-electron chi connectivity index (χ4n) is 2.55. The van der Waals surface area contributed by atoms with Gasteiger partial charge >= 0.3 is 0 Å². The second-order valence-electron chi connectivity index (χ2n) is 5.03. The van der Waals surface area contributed by atoms with Crippen molar-refractivity contribution in [3.05, 3.63) is 52.5 Å². The molecule has 1 unspecified atom stereocenters. The number of para-hydroxylation sites is 2. The highest BCUT2D eigenvalue weighted by Gasteiger charge is 2.25. The maximum Gasteiger partial charge on any atom is 0.244 e. The number of hydrogen-bond acceptors (Lipinski definition) is 3. The number of benzene rings is 2. The van der Waals surface area contributed by atoms with Crippen molar-refractivity contribution >= 4 is 38.9 Å². The Kier molecular flexibility index (Phi) is 3.69. The summed E-state index contributed by atoms with van der Waals surface area (Å²) in [6.07, 6.45) is -0.606. The number of hydrogen-bond donors (Lipinski definition) is 2. The van der Waals surface area contributed by atoms with E-state index < -0.39 is 6.10 Å². The molecule has 0 saturated carbocycles. The van der Waals surface area contributed by atoms with Gasteiger partial charge in [0.05, 0.1) is 17.5 Å². The number of nitrogens with one attached hydrogen (secondary N) is 1. The van der Waals surface area contributed by atoms with Gasteiger partial charge in [-0.3, -0.25) is 4.79 Å². The number of fused-ring (bicyclic) bond motifs is 1. The van der Waals surface area contributed by atoms with E-state index in [2.05, 4.69) is 21.2 Å². The van der Waals surface area contributed by atoms with Gasteiger partial charge < -0.3 is 15.3 Å². The van der Waals surface area contributed by atoms with Crippen molar-refractivity contribution in [1.29, 1.82) is 0 Å². The van der Waals surface area contributed by atoms with E-state index in [4.69, 9.17) is 0 Å². The van der Waals surface area contributed by atoms with Gasteiger partial charge in [-0.15, -0.1) is 0 Å². The summed E-state index contributed by atoms with van der Waals surface area (Å²) in [5.41, 5.74) is 3.34. The largest absolute Gasteiger partial charge is 0.389 e. The standard InChI is InChI=1S/C16H15BrN2O2/c1-10(20)12-7-6-11(17)8-15(12)19-9-16(21)18-13-4-2-3-5-14(13)19/h2-8,10,20H,9H2,1H3,(H,18,21). The third kappa shape index (κ3) is 2.66. The van der Waals surface area contributed by atoms with Gasteiger partial charge in [-0.05, 0) is 31.2 Å². The van der Waals surface area contributed by atoms with Gasteiger partial charge in [-0.2, -0.15) is 0 Å². The minimum absolute atomic E-state index is 0.0646. The van der Waals surface area contributed by atoms with Crippen LogP contribution in [-0.4, -0.2) is 17.6 Å². The molecular weight excluding hydrogens is 332 g/mol. The number of rotatable bonds is 2. The molecule has 0 aliphatic carbocycles. The molecule has 1 atom stereocenters. The van der Waals surface area contributed by atoms with Gasteiger partial charge in [0.2, 0.25) is 5.91 Å². The zero-order valence-corrected chi connectivity index (χ0v) is 13.1. The van der Waals surface area contributed by atoms with Gasteiger partial charge in [0.15, 0.2) is 0 Å². The molecule has 2 aromatic rings. The van der Waals surface area contributed by atoms with E-state index >= 15 is 0 Å². The van der Waals surface area contributed by atoms with Gasteiger partial charge in [-0.25, -0.2) is 0 Å². The Morgan fingerprint density at radius 1 is 1.24 bits per heavy atom. The third-order valence-electron chi connectivity index (χ3n) is 3.50. The van der Waals surface area contributed by atoms with Crippen LogP contribution in [0.15, 0.2) is 46.9 Å². The van der Waals surface area contributed by atoms with Crippen LogP contribution < -0.4 is 10.2 Å². The number of carbonyl (C=O) groups excluding carboxylic acids is 1. The van der Waals surface area contributed by atoms with Crippen LogP contribution >= 0.6 is 15.9 Å². The molecule has 1 aliphatic rings. The minimum atomic E-state index is -0.606. The van der Waals surface area contributed by atoms with Crippen LogP contribution in [0.4, 0.5) is 17.1 Å². The Morgan fingerprint density at radius 3 is 2.76 bits per heavy atom. The molecule has 1 amide bonds. The van der Waals surface area contributed by atoms with Crippen LogP contribution in [0.25, 0.3) is 0 Å². The summed E-state index contributed by atoms with van der Waals surface area (Å²) in [4.78, 5) is 13.9. The topological polar surface area (TPSA) is 52.6 Å². The van der Waals surface area contributed by atoms with Crippen LogP contribution in [0.3, 0.4) is 0 Å². The van der Waals surface area contributed by atoms with E-state index in [0.717, 1.165) is 27.1 Å². The van der Waals surface area contributed by atoms with E-state index in [9.17, 15) is 9.90 Å². The van der Waals surface area contributed by atoms with E-state index in [1.807, 2.05) is 47.4 Å². The molecule has 0 saturated heterocycles. The average Bonchev–Trinajstić information content (AvgIpc) is 2.45. The number of aliphatic hydroxyl groups excluding tert-OH is 1. The van der Waals surface area contributed by atoms with Crippen molar-refractivity contribution in [2.45, 2.75) is 13.0 Å². The predicted molar refractivity (Wildman–Crippen MR) is 86.9 cm³/mol. The summed E-state index contributed by atoms with van der Waals surface area (Å²) in [7, 11) is 0. The molecule has 0 aromatic heterocycles. The lowest BCUT2D eigenvalue weighted by Crippen LogP contribution is -2.35. The van der Waals surface area contributed by atoms with Gasteiger partial charge in [0.1, 0.15) is 6.54 Å². The number of amides is 1. The molecular formula is C16H15BrN2O2. The highest BCUT2D eigenvalue weighted by molar-refractivity contribution is 9.10. The number of anilines is 3. The van der Waals surface area contributed by atoms with Crippen molar-refractivity contribution in [2.24, 2.45) is 0 Å². The summed E-state index contributed by atoms with van der Waals surface area (Å²) in [6.45, 7) is 1.95. The quantitative estimate of drug-likeness (QED) is 0.873. The summed E-state index contributed by atoms with van der Waals surface area (Å²) < 4.78 is 0.908. The number of nitrogens with zero attached hydrogens (tertiary/aromatic N) is 1. The number of halogens is 1. The molecule has 0 fully saturated rings. The summed E-state index contributed by atoms with van der Waals surface area (Å²) >= 11 is 3.46. The second-order valence-corrected chi connectivity index (χ2v) is 5.95. The first-order chi connectivity index (χ1) is 10.1. The minimum Gasteiger partial charge on any atom is -0.389 e. The van der Waals surface area contributed by atoms with Gasteiger partial charge in [0, 0.05) is 15.7 Å². The SMILES string of the molecule is CC(O)c1ccc(Br)cc1N1CC(=O)Nc2ccccc21. The lowest BCUT2D eigenvalue weighted by molar-refractivity contribution is -0.115. The first kappa shape index (κ1) is 14.1. The highest BCUT2D eigenvalue weighted by Crippen LogP contribution is 2.39. The first-order valence-corrected chi connectivity index (χ1v) is 7.49. The molecule has 2 N–H and O–H groups in total. The third-order valence-corrected chi connectivity index (χ3v) is 4.00. The monoisotopic (exact) mass is 346 g/mol. The summed E-state index contributed by atoms with van der Waals surface area (Å²) in [5.74, 6) is -0.0646. The average molecular weight is 347 g/mol. The second kappa shape index (κ2) is 5.50. The van der Waals surface area contributed by atoms with Crippen molar-refractivity contribution in [1.82, 2.24) is 0 Å². The van der Waals surface area contributed by atoms with E-state index in [0.29, 0.717) is 0 Å². The maximum absolute atomic E-state index is 11.9. The molecule has 5 heteroatoms. The molecule has 1 aliphatic heterocycles. The predicted octanol–water partition coefficient (Wildman–Crippen LogP) is 3.59. The van der Waals surface area contributed by atoms with E-state index in [-0.39, 0.29) is 12.5 Å². The summed E-state index contributed by atoms with van der Waals surface area (Å²) in [6, 6.07) is 13.3. The lowest BCUT2D eigenvalue weighted by atomic mass is 10.1. The summed E-state index contributed by atoms with van der Waals surface area (Å²) in [5, 5.41) is 12.9. The lowest BCUT2D eigenvalue weighted by Gasteiger charge is -2.33. The van der Waals surface area contributed by atoms with Crippen molar-refractivity contribution < 1.29 is 9.90 Å². The Morgan fingerprint density at radius 2 is 2.00 bits per heavy atom. The Labute approximate surface area is 131 Å².